The molecule has 1 heterocycles. The number of aliphatic hydroxyl groups excluding tert-OH is 1. The maximum atomic E-state index is 10.3. The van der Waals surface area contributed by atoms with Gasteiger partial charge in [0.05, 0.1) is 20.3 Å². The molecule has 0 aliphatic heterocycles. The maximum absolute atomic E-state index is 10.3. The molecule has 2 aromatic rings. The lowest BCUT2D eigenvalue weighted by atomic mass is 10.1. The molecule has 0 saturated carbocycles. The zero-order chi connectivity index (χ0) is 13.8. The molecule has 19 heavy (non-hydrogen) atoms. The summed E-state index contributed by atoms with van der Waals surface area (Å²) in [6.45, 7) is 0. The van der Waals surface area contributed by atoms with Crippen molar-refractivity contribution in [1.29, 1.82) is 0 Å². The van der Waals surface area contributed by atoms with Crippen LogP contribution >= 0.6 is 0 Å². The zero-order valence-electron chi connectivity index (χ0n) is 11.3. The van der Waals surface area contributed by atoms with E-state index in [1.807, 2.05) is 23.9 Å². The van der Waals surface area contributed by atoms with E-state index in [1.165, 1.54) is 0 Å². The minimum atomic E-state index is -0.624. The lowest BCUT2D eigenvalue weighted by molar-refractivity contribution is 0.174. The van der Waals surface area contributed by atoms with E-state index in [2.05, 4.69) is 4.98 Å². The van der Waals surface area contributed by atoms with E-state index in [9.17, 15) is 5.11 Å². The van der Waals surface area contributed by atoms with Crippen molar-refractivity contribution >= 4 is 0 Å². The summed E-state index contributed by atoms with van der Waals surface area (Å²) < 4.78 is 12.3. The first-order valence-electron chi connectivity index (χ1n) is 6.02. The van der Waals surface area contributed by atoms with E-state index in [4.69, 9.17) is 9.47 Å². The SMILES string of the molecule is COc1ccc(C(O)Cc2nccn2C)cc1OC. The largest absolute Gasteiger partial charge is 0.493 e. The Balaban J connectivity index is 2.19. The molecule has 0 bridgehead atoms. The van der Waals surface area contributed by atoms with E-state index in [-0.39, 0.29) is 0 Å². The second-order valence-corrected chi connectivity index (χ2v) is 4.29. The third kappa shape index (κ3) is 2.88. The number of aliphatic hydroxyl groups is 1. The number of rotatable bonds is 5. The number of benzene rings is 1. The van der Waals surface area contributed by atoms with Crippen molar-refractivity contribution < 1.29 is 14.6 Å². The van der Waals surface area contributed by atoms with Crippen LogP contribution in [0.1, 0.15) is 17.5 Å². The summed E-state index contributed by atoms with van der Waals surface area (Å²) in [6, 6.07) is 5.40. The molecule has 2 rings (SSSR count). The first-order chi connectivity index (χ1) is 9.15. The highest BCUT2D eigenvalue weighted by Crippen LogP contribution is 2.30. The summed E-state index contributed by atoms with van der Waals surface area (Å²) in [5, 5.41) is 10.3. The van der Waals surface area contributed by atoms with Gasteiger partial charge in [-0.05, 0) is 17.7 Å². The molecular formula is C14H18N2O3. The van der Waals surface area contributed by atoms with Crippen LogP contribution in [-0.4, -0.2) is 28.9 Å². The van der Waals surface area contributed by atoms with Gasteiger partial charge in [0.15, 0.2) is 11.5 Å². The Kier molecular flexibility index (Phi) is 4.06. The molecule has 1 atom stereocenters. The van der Waals surface area contributed by atoms with E-state index < -0.39 is 6.10 Å². The van der Waals surface area contributed by atoms with Gasteiger partial charge in [-0.15, -0.1) is 0 Å². The molecule has 0 radical (unpaired) electrons. The van der Waals surface area contributed by atoms with Gasteiger partial charge in [0.1, 0.15) is 5.82 Å². The van der Waals surface area contributed by atoms with Crippen molar-refractivity contribution in [2.24, 2.45) is 7.05 Å². The standard InChI is InChI=1S/C14H18N2O3/c1-16-7-6-15-14(16)9-11(17)10-4-5-12(18-2)13(8-10)19-3/h4-8,11,17H,9H2,1-3H3. The van der Waals surface area contributed by atoms with Gasteiger partial charge in [-0.2, -0.15) is 0 Å². The highest BCUT2D eigenvalue weighted by atomic mass is 16.5. The quantitative estimate of drug-likeness (QED) is 0.891. The van der Waals surface area contributed by atoms with Gasteiger partial charge in [-0.25, -0.2) is 4.98 Å². The van der Waals surface area contributed by atoms with Gasteiger partial charge in [0.2, 0.25) is 0 Å². The summed E-state index contributed by atoms with van der Waals surface area (Å²) >= 11 is 0. The van der Waals surface area contributed by atoms with Crippen LogP contribution in [0, 0.1) is 0 Å². The third-order valence-electron chi connectivity index (χ3n) is 3.09. The lowest BCUT2D eigenvalue weighted by Gasteiger charge is -2.14. The minimum Gasteiger partial charge on any atom is -0.493 e. The monoisotopic (exact) mass is 262 g/mol. The number of methoxy groups -OCH3 is 2. The third-order valence-corrected chi connectivity index (χ3v) is 3.09. The van der Waals surface area contributed by atoms with Crippen molar-refractivity contribution in [3.8, 4) is 11.5 Å². The highest BCUT2D eigenvalue weighted by Gasteiger charge is 2.14. The van der Waals surface area contributed by atoms with Crippen LogP contribution in [0.2, 0.25) is 0 Å². The minimum absolute atomic E-state index is 0.457. The highest BCUT2D eigenvalue weighted by molar-refractivity contribution is 5.43. The molecule has 1 aromatic carbocycles. The van der Waals surface area contributed by atoms with Crippen LogP contribution < -0.4 is 9.47 Å². The normalized spacial score (nSPS) is 12.2. The number of hydrogen-bond donors (Lipinski definition) is 1. The second-order valence-electron chi connectivity index (χ2n) is 4.29. The molecule has 0 aliphatic rings. The number of hydrogen-bond acceptors (Lipinski definition) is 4. The number of ether oxygens (including phenoxy) is 2. The Morgan fingerprint density at radius 2 is 2.00 bits per heavy atom. The Bertz CT molecular complexity index is 551. The van der Waals surface area contributed by atoms with Gasteiger partial charge in [-0.3, -0.25) is 0 Å². The summed E-state index contributed by atoms with van der Waals surface area (Å²) in [5.74, 6) is 2.09. The Hall–Kier alpha value is -2.01. The van der Waals surface area contributed by atoms with Crippen LogP contribution in [0.25, 0.3) is 0 Å². The summed E-state index contributed by atoms with van der Waals surface area (Å²) in [7, 11) is 5.07. The van der Waals surface area contributed by atoms with Gasteiger partial charge in [0.25, 0.3) is 0 Å². The van der Waals surface area contributed by atoms with Gasteiger partial charge in [0, 0.05) is 25.9 Å². The van der Waals surface area contributed by atoms with E-state index in [0.29, 0.717) is 17.9 Å². The molecule has 1 N–H and O–H groups in total. The van der Waals surface area contributed by atoms with Crippen molar-refractivity contribution in [2.75, 3.05) is 14.2 Å². The number of aryl methyl sites for hydroxylation is 1. The molecule has 0 spiro atoms. The number of nitrogens with zero attached hydrogens (tertiary/aromatic N) is 2. The second kappa shape index (κ2) is 5.75. The molecule has 0 amide bonds. The van der Waals surface area contributed by atoms with E-state index in [1.54, 1.807) is 32.5 Å². The molecule has 1 unspecified atom stereocenters. The van der Waals surface area contributed by atoms with Crippen molar-refractivity contribution in [1.82, 2.24) is 9.55 Å². The molecular weight excluding hydrogens is 244 g/mol. The average Bonchev–Trinajstić information content (AvgIpc) is 2.83. The number of aromatic nitrogens is 2. The van der Waals surface area contributed by atoms with Gasteiger partial charge < -0.3 is 19.1 Å². The van der Waals surface area contributed by atoms with Crippen LogP contribution in [0.5, 0.6) is 11.5 Å². The smallest absolute Gasteiger partial charge is 0.161 e. The van der Waals surface area contributed by atoms with Gasteiger partial charge in [-0.1, -0.05) is 6.07 Å². The van der Waals surface area contributed by atoms with Crippen LogP contribution in [-0.2, 0) is 13.5 Å². The summed E-state index contributed by atoms with van der Waals surface area (Å²) in [4.78, 5) is 4.20. The fourth-order valence-electron chi connectivity index (χ4n) is 1.94. The molecule has 102 valence electrons. The average molecular weight is 262 g/mol. The predicted molar refractivity (Wildman–Crippen MR) is 71.4 cm³/mol. The van der Waals surface area contributed by atoms with E-state index >= 15 is 0 Å². The Morgan fingerprint density at radius 3 is 2.58 bits per heavy atom. The molecule has 0 aliphatic carbocycles. The molecule has 5 nitrogen and oxygen atoms in total. The van der Waals surface area contributed by atoms with Crippen molar-refractivity contribution in [2.45, 2.75) is 12.5 Å². The summed E-state index contributed by atoms with van der Waals surface area (Å²) in [6.07, 6.45) is 3.41. The fourth-order valence-corrected chi connectivity index (χ4v) is 1.94. The molecule has 0 fully saturated rings. The fraction of sp³-hybridized carbons (Fsp3) is 0.357. The van der Waals surface area contributed by atoms with Crippen molar-refractivity contribution in [3.05, 3.63) is 42.0 Å². The topological polar surface area (TPSA) is 56.5 Å². The van der Waals surface area contributed by atoms with Crippen LogP contribution in [0.15, 0.2) is 30.6 Å². The predicted octanol–water partition coefficient (Wildman–Crippen LogP) is 1.71. The summed E-state index contributed by atoms with van der Waals surface area (Å²) in [5.41, 5.74) is 0.778. The maximum Gasteiger partial charge on any atom is 0.161 e. The lowest BCUT2D eigenvalue weighted by Crippen LogP contribution is -2.07. The first kappa shape index (κ1) is 13.4. The number of imidazole rings is 1. The van der Waals surface area contributed by atoms with Crippen molar-refractivity contribution in [3.63, 3.8) is 0 Å². The Labute approximate surface area is 112 Å². The van der Waals surface area contributed by atoms with Crippen LogP contribution in [0.3, 0.4) is 0 Å². The van der Waals surface area contributed by atoms with E-state index in [0.717, 1.165) is 11.4 Å². The zero-order valence-corrected chi connectivity index (χ0v) is 11.3. The molecule has 0 saturated heterocycles. The van der Waals surface area contributed by atoms with Crippen LogP contribution in [0.4, 0.5) is 0 Å². The first-order valence-corrected chi connectivity index (χ1v) is 6.02. The molecule has 5 heteroatoms. The molecule has 1 aromatic heterocycles. The Morgan fingerprint density at radius 1 is 1.26 bits per heavy atom. The van der Waals surface area contributed by atoms with Gasteiger partial charge >= 0.3 is 0 Å².